The van der Waals surface area contributed by atoms with Crippen LogP contribution in [0.3, 0.4) is 0 Å². The fourth-order valence-electron chi connectivity index (χ4n) is 5.89. The molecule has 1 aliphatic heterocycles. The molecule has 3 fully saturated rings. The number of amides is 2. The molecule has 0 atom stereocenters. The molecular formula is C29H40N4O4S. The Morgan fingerprint density at radius 1 is 1.18 bits per heavy atom. The Hall–Kier alpha value is -2.41. The van der Waals surface area contributed by atoms with Gasteiger partial charge in [-0.25, -0.2) is 4.79 Å². The van der Waals surface area contributed by atoms with Gasteiger partial charge in [-0.2, -0.15) is 17.0 Å². The first-order chi connectivity index (χ1) is 18.5. The molecule has 1 saturated heterocycles. The largest absolute Gasteiger partial charge is 0.493 e. The van der Waals surface area contributed by atoms with Crippen LogP contribution >= 0.6 is 11.8 Å². The summed E-state index contributed by atoms with van der Waals surface area (Å²) in [7, 11) is 0. The fraction of sp³-hybridized carbons (Fsp3) is 0.655. The Bertz CT molecular complexity index is 1140. The van der Waals surface area contributed by atoms with Gasteiger partial charge in [-0.15, -0.1) is 0 Å². The Morgan fingerprint density at radius 3 is 2.61 bits per heavy atom. The second-order valence-corrected chi connectivity index (χ2v) is 12.4. The lowest BCUT2D eigenvalue weighted by molar-refractivity contribution is -0.0925. The van der Waals surface area contributed by atoms with E-state index in [9.17, 15) is 10.1 Å². The van der Waals surface area contributed by atoms with Gasteiger partial charge in [0.2, 0.25) is 0 Å². The summed E-state index contributed by atoms with van der Waals surface area (Å²) in [5.41, 5.74) is 3.14. The first kappa shape index (κ1) is 27.2. The number of fused-ring (bicyclic) bond motifs is 1. The van der Waals surface area contributed by atoms with Gasteiger partial charge < -0.3 is 29.4 Å². The van der Waals surface area contributed by atoms with Crippen LogP contribution in [0.5, 0.6) is 5.75 Å². The molecule has 5 rings (SSSR count). The molecular weight excluding hydrogens is 500 g/mol. The monoisotopic (exact) mass is 540 g/mol. The van der Waals surface area contributed by atoms with Crippen molar-refractivity contribution in [3.63, 3.8) is 0 Å². The van der Waals surface area contributed by atoms with Crippen LogP contribution in [0.15, 0.2) is 18.2 Å². The number of thioether (sulfide) groups is 1. The van der Waals surface area contributed by atoms with Crippen LogP contribution in [-0.2, 0) is 9.47 Å². The normalized spacial score (nSPS) is 22.7. The van der Waals surface area contributed by atoms with E-state index in [-0.39, 0.29) is 18.1 Å². The average molecular weight is 541 g/mol. The highest BCUT2D eigenvalue weighted by molar-refractivity contribution is 7.99. The van der Waals surface area contributed by atoms with Crippen molar-refractivity contribution in [3.8, 4) is 11.8 Å². The number of nitrogens with one attached hydrogen (secondary N) is 2. The van der Waals surface area contributed by atoms with E-state index in [0.717, 1.165) is 79.7 Å². The van der Waals surface area contributed by atoms with E-state index in [2.05, 4.69) is 33.4 Å². The zero-order valence-electron chi connectivity index (χ0n) is 22.5. The molecule has 8 nitrogen and oxygen atoms in total. The lowest BCUT2D eigenvalue weighted by Gasteiger charge is -2.35. The molecule has 2 aliphatic carbocycles. The number of carbonyl (C=O) groups excluding carboxylic acids is 1. The van der Waals surface area contributed by atoms with Crippen molar-refractivity contribution < 1.29 is 19.0 Å². The standard InChI is InChI=1S/C29H40N4O4S/c1-19(2)31-29(34)32-21-8-6-20(7-9-21)28-26(15-30)25-11-10-23(14-27(25)33(28)22-4-3-5-22)37-12-13-38-24-16-35-18-36-17-24/h10-11,14,19-22,24H,3-9,12-13,16-18H2,1-2H3,(H2,31,32,34). The first-order valence-corrected chi connectivity index (χ1v) is 15.1. The lowest BCUT2D eigenvalue weighted by atomic mass is 9.82. The molecule has 2 saturated carbocycles. The number of nitrogens with zero attached hydrogens (tertiary/aromatic N) is 2. The molecule has 0 radical (unpaired) electrons. The van der Waals surface area contributed by atoms with Gasteiger partial charge in [-0.05, 0) is 70.9 Å². The zero-order valence-corrected chi connectivity index (χ0v) is 23.4. The van der Waals surface area contributed by atoms with Crippen LogP contribution in [0, 0.1) is 11.3 Å². The fourth-order valence-corrected chi connectivity index (χ4v) is 6.79. The minimum atomic E-state index is -0.0870. The van der Waals surface area contributed by atoms with Crippen molar-refractivity contribution in [2.75, 3.05) is 32.4 Å². The maximum atomic E-state index is 12.2. The van der Waals surface area contributed by atoms with E-state index in [0.29, 0.717) is 30.6 Å². The SMILES string of the molecule is CC(C)NC(=O)NC1CCC(c2c(C#N)c3ccc(OCCSC4COCOC4)cc3n2C2CCC2)CC1. The Labute approximate surface area is 229 Å². The van der Waals surface area contributed by atoms with Crippen molar-refractivity contribution in [2.24, 2.45) is 0 Å². The maximum absolute atomic E-state index is 12.2. The number of aromatic nitrogens is 1. The van der Waals surface area contributed by atoms with Gasteiger partial charge in [0.25, 0.3) is 0 Å². The van der Waals surface area contributed by atoms with Gasteiger partial charge in [0.05, 0.1) is 36.2 Å². The zero-order chi connectivity index (χ0) is 26.5. The van der Waals surface area contributed by atoms with Crippen molar-refractivity contribution in [1.82, 2.24) is 15.2 Å². The molecule has 2 aromatic rings. The minimum absolute atomic E-state index is 0.0870. The molecule has 3 aliphatic rings. The van der Waals surface area contributed by atoms with Crippen molar-refractivity contribution in [2.45, 2.75) is 88.1 Å². The van der Waals surface area contributed by atoms with Crippen molar-refractivity contribution >= 4 is 28.7 Å². The number of rotatable bonds is 9. The molecule has 2 heterocycles. The molecule has 0 spiro atoms. The smallest absolute Gasteiger partial charge is 0.315 e. The van der Waals surface area contributed by atoms with E-state index in [1.807, 2.05) is 31.7 Å². The Balaban J connectivity index is 1.30. The average Bonchev–Trinajstić information content (AvgIpc) is 3.19. The summed E-state index contributed by atoms with van der Waals surface area (Å²) >= 11 is 1.82. The highest BCUT2D eigenvalue weighted by atomic mass is 32.2. The van der Waals surface area contributed by atoms with Crippen LogP contribution in [-0.4, -0.2) is 60.3 Å². The third-order valence-electron chi connectivity index (χ3n) is 7.91. The number of ether oxygens (including phenoxy) is 3. The quantitative estimate of drug-likeness (QED) is 0.410. The second kappa shape index (κ2) is 12.6. The van der Waals surface area contributed by atoms with Crippen molar-refractivity contribution in [1.29, 1.82) is 5.26 Å². The summed E-state index contributed by atoms with van der Waals surface area (Å²) in [5, 5.41) is 17.7. The lowest BCUT2D eigenvalue weighted by Crippen LogP contribution is -2.45. The summed E-state index contributed by atoms with van der Waals surface area (Å²) in [6.07, 6.45) is 7.34. The van der Waals surface area contributed by atoms with E-state index in [1.165, 1.54) is 12.1 Å². The van der Waals surface area contributed by atoms with Gasteiger partial charge in [0.1, 0.15) is 18.6 Å². The highest BCUT2D eigenvalue weighted by Crippen LogP contribution is 2.45. The van der Waals surface area contributed by atoms with Crippen LogP contribution in [0.1, 0.15) is 82.0 Å². The van der Waals surface area contributed by atoms with Gasteiger partial charge in [0, 0.05) is 46.9 Å². The number of hydrogen-bond donors (Lipinski definition) is 2. The van der Waals surface area contributed by atoms with Crippen LogP contribution in [0.2, 0.25) is 0 Å². The predicted molar refractivity (Wildman–Crippen MR) is 150 cm³/mol. The Kier molecular flexibility index (Phi) is 9.03. The number of urea groups is 1. The van der Waals surface area contributed by atoms with Crippen LogP contribution < -0.4 is 15.4 Å². The topological polar surface area (TPSA) is 97.5 Å². The molecule has 9 heteroatoms. The highest BCUT2D eigenvalue weighted by Gasteiger charge is 2.33. The third-order valence-corrected chi connectivity index (χ3v) is 9.06. The molecule has 38 heavy (non-hydrogen) atoms. The molecule has 1 aromatic carbocycles. The second-order valence-electron chi connectivity index (χ2n) is 11.0. The number of carbonyl (C=O) groups is 1. The summed E-state index contributed by atoms with van der Waals surface area (Å²) in [5.74, 6) is 2.05. The number of hydrogen-bond acceptors (Lipinski definition) is 6. The molecule has 2 N–H and O–H groups in total. The summed E-state index contributed by atoms with van der Waals surface area (Å²) < 4.78 is 19.4. The van der Waals surface area contributed by atoms with Gasteiger partial charge in [-0.3, -0.25) is 0 Å². The molecule has 0 bridgehead atoms. The Morgan fingerprint density at radius 2 is 1.95 bits per heavy atom. The molecule has 1 aromatic heterocycles. The van der Waals surface area contributed by atoms with Crippen LogP contribution in [0.4, 0.5) is 4.79 Å². The number of nitriles is 1. The van der Waals surface area contributed by atoms with Gasteiger partial charge >= 0.3 is 6.03 Å². The van der Waals surface area contributed by atoms with E-state index < -0.39 is 0 Å². The van der Waals surface area contributed by atoms with E-state index in [4.69, 9.17) is 14.2 Å². The van der Waals surface area contributed by atoms with E-state index >= 15 is 0 Å². The van der Waals surface area contributed by atoms with Crippen LogP contribution in [0.25, 0.3) is 10.9 Å². The minimum Gasteiger partial charge on any atom is -0.493 e. The molecule has 206 valence electrons. The molecule has 2 amide bonds. The summed E-state index contributed by atoms with van der Waals surface area (Å²) in [6, 6.07) is 9.44. The van der Waals surface area contributed by atoms with E-state index in [1.54, 1.807) is 0 Å². The van der Waals surface area contributed by atoms with Crippen molar-refractivity contribution in [3.05, 3.63) is 29.5 Å². The number of benzene rings is 1. The van der Waals surface area contributed by atoms with Gasteiger partial charge in [-0.1, -0.05) is 0 Å². The van der Waals surface area contributed by atoms with Gasteiger partial charge in [0.15, 0.2) is 0 Å². The summed E-state index contributed by atoms with van der Waals surface area (Å²) in [6.45, 7) is 6.42. The predicted octanol–water partition coefficient (Wildman–Crippen LogP) is 5.46. The third kappa shape index (κ3) is 6.24. The first-order valence-electron chi connectivity index (χ1n) is 14.1. The maximum Gasteiger partial charge on any atom is 0.315 e. The summed E-state index contributed by atoms with van der Waals surface area (Å²) in [4.78, 5) is 12.2. The molecule has 0 unspecified atom stereocenters.